The van der Waals surface area contributed by atoms with Crippen LogP contribution in [0.15, 0.2) is 54.6 Å². The van der Waals surface area contributed by atoms with Crippen molar-refractivity contribution in [2.45, 2.75) is 188 Å². The van der Waals surface area contributed by atoms with E-state index >= 15 is 0 Å². The van der Waals surface area contributed by atoms with Crippen molar-refractivity contribution in [3.8, 4) is 0 Å². The van der Waals surface area contributed by atoms with Crippen molar-refractivity contribution in [2.75, 3.05) is 53.8 Å². The van der Waals surface area contributed by atoms with E-state index in [-0.39, 0.29) is 93.6 Å². The average Bonchev–Trinajstić information content (AvgIpc) is 4.20. The summed E-state index contributed by atoms with van der Waals surface area (Å²) in [6, 6.07) is 9.24. The lowest BCUT2D eigenvalue weighted by Gasteiger charge is -2.41. The van der Waals surface area contributed by atoms with Gasteiger partial charge in [-0.2, -0.15) is 0 Å². The van der Waals surface area contributed by atoms with E-state index in [0.29, 0.717) is 37.1 Å². The molecular formula is C63H101N11O14. The van der Waals surface area contributed by atoms with Crippen LogP contribution in [0.5, 0.6) is 0 Å². The smallest absolute Gasteiger partial charge is 0.312 e. The van der Waals surface area contributed by atoms with Crippen LogP contribution in [0.1, 0.15) is 131 Å². The SMILES string of the molecule is CC[C@H](C)[C@@H]([C@@H](CC(=O)N1CCC[C@H]1[C@H](OC)[C@@H](C)C(=O)N[C@@H](Cc1ccccc1)C(=O)NOCc1ccc(NC(=O)[C@@H](CCCNC(N)=O)NC(=O)[C@H](NC(=O)CCCC(=O)O)C(C)C)cc1)OC)N(C)C(=O)[C@@H](NC(=O)[C@H](C(C)C)N(C)C)C(C)C. The number of primary amides is 1. The molecule has 10 amide bonds. The van der Waals surface area contributed by atoms with Gasteiger partial charge < -0.3 is 62.0 Å². The quantitative estimate of drug-likeness (QED) is 0.0340. The number of ether oxygens (including phenoxy) is 2. The first-order valence-electron chi connectivity index (χ1n) is 30.7. The van der Waals surface area contributed by atoms with Crippen LogP contribution in [0.25, 0.3) is 0 Å². The Morgan fingerprint density at radius 1 is 0.705 bits per heavy atom. The zero-order chi connectivity index (χ0) is 65.9. The molecule has 10 N–H and O–H groups in total. The summed E-state index contributed by atoms with van der Waals surface area (Å²) in [5, 5.41) is 25.5. The number of likely N-dealkylation sites (tertiary alicyclic amines) is 1. The van der Waals surface area contributed by atoms with Gasteiger partial charge in [0.25, 0.3) is 5.91 Å². The predicted octanol–water partition coefficient (Wildman–Crippen LogP) is 3.88. The predicted molar refractivity (Wildman–Crippen MR) is 332 cm³/mol. The minimum Gasteiger partial charge on any atom is -0.481 e. The standard InChI is InChI=1S/C63H101N11O14/c1-15-40(8)55(73(12)62(84)53(38(4)5)70-61(83)54(39(6)7)72(10)11)48(86-13)35-50(76)74-33-21-25-47(74)56(87-14)41(9)57(79)68-46(34-42-22-17-16-18-23-42)59(81)71-88-36-43-28-30-44(31-29-43)66-58(80)45(24-20-32-65-63(64)85)67-60(82)52(37(2)3)69-49(75)26-19-27-51(77)78/h16-18,22-23,28-31,37-41,45-48,52-56H,15,19-21,24-27,32-36H2,1-14H3,(H,66,80)(H,67,82)(H,68,79)(H,69,75)(H,70,83)(H,71,81)(H,77,78)(H3,64,65,85)/t40-,41+,45+,46-,47-,48+,52+,53-,54-,55-,56+/m0/s1. The normalized spacial score (nSPS) is 16.7. The molecule has 0 aromatic heterocycles. The van der Waals surface area contributed by atoms with Gasteiger partial charge in [-0.25, -0.2) is 10.3 Å². The summed E-state index contributed by atoms with van der Waals surface area (Å²) < 4.78 is 12.1. The number of aliphatic carboxylic acids is 1. The van der Waals surface area contributed by atoms with Crippen molar-refractivity contribution in [1.29, 1.82) is 0 Å². The molecule has 0 saturated carbocycles. The third-order valence-electron chi connectivity index (χ3n) is 16.2. The van der Waals surface area contributed by atoms with E-state index in [2.05, 4.69) is 37.4 Å². The molecular weight excluding hydrogens is 1130 g/mol. The summed E-state index contributed by atoms with van der Waals surface area (Å²) in [5.41, 5.74) is 9.38. The van der Waals surface area contributed by atoms with Crippen LogP contribution in [0, 0.1) is 29.6 Å². The largest absolute Gasteiger partial charge is 0.481 e. The molecule has 3 rings (SSSR count). The van der Waals surface area contributed by atoms with E-state index in [4.69, 9.17) is 25.2 Å². The molecule has 2 aromatic carbocycles. The average molecular weight is 1240 g/mol. The number of nitrogens with one attached hydrogen (secondary N) is 7. The van der Waals surface area contributed by atoms with Gasteiger partial charge >= 0.3 is 12.0 Å². The van der Waals surface area contributed by atoms with E-state index in [0.717, 1.165) is 5.56 Å². The lowest BCUT2D eigenvalue weighted by atomic mass is 9.89. The Bertz CT molecular complexity index is 2580. The molecule has 1 aliphatic heterocycles. The molecule has 0 aliphatic carbocycles. The number of benzene rings is 2. The molecule has 1 fully saturated rings. The summed E-state index contributed by atoms with van der Waals surface area (Å²) in [6.45, 7) is 17.2. The first-order valence-corrected chi connectivity index (χ1v) is 30.7. The fourth-order valence-electron chi connectivity index (χ4n) is 11.2. The number of hydrogen-bond acceptors (Lipinski definition) is 14. The molecule has 25 heteroatoms. The molecule has 1 saturated heterocycles. The maximum absolute atomic E-state index is 14.6. The molecule has 492 valence electrons. The first kappa shape index (κ1) is 75.0. The fourth-order valence-corrected chi connectivity index (χ4v) is 11.2. The summed E-state index contributed by atoms with van der Waals surface area (Å²) in [7, 11) is 8.36. The second-order valence-electron chi connectivity index (χ2n) is 24.2. The Morgan fingerprint density at radius 3 is 1.90 bits per heavy atom. The van der Waals surface area contributed by atoms with Crippen molar-refractivity contribution in [1.82, 2.24) is 46.8 Å². The molecule has 11 atom stereocenters. The van der Waals surface area contributed by atoms with E-state index in [1.807, 2.05) is 90.9 Å². The number of carboxylic acids is 1. The van der Waals surface area contributed by atoms with Gasteiger partial charge in [0.1, 0.15) is 24.2 Å². The van der Waals surface area contributed by atoms with Crippen molar-refractivity contribution in [2.24, 2.45) is 35.3 Å². The van der Waals surface area contributed by atoms with Crippen LogP contribution in [0.2, 0.25) is 0 Å². The summed E-state index contributed by atoms with van der Waals surface area (Å²) in [5.74, 6) is -6.30. The molecule has 0 radical (unpaired) electrons. The Labute approximate surface area is 519 Å². The second kappa shape index (κ2) is 37.6. The van der Waals surface area contributed by atoms with Gasteiger partial charge in [-0.1, -0.05) is 111 Å². The summed E-state index contributed by atoms with van der Waals surface area (Å²) in [4.78, 5) is 144. The van der Waals surface area contributed by atoms with Crippen LogP contribution in [-0.2, 0) is 70.5 Å². The van der Waals surface area contributed by atoms with Crippen molar-refractivity contribution in [3.63, 3.8) is 0 Å². The highest BCUT2D eigenvalue weighted by Crippen LogP contribution is 2.30. The number of rotatable bonds is 38. The monoisotopic (exact) mass is 1240 g/mol. The van der Waals surface area contributed by atoms with Crippen LogP contribution in [-0.4, -0.2) is 182 Å². The number of anilines is 1. The van der Waals surface area contributed by atoms with E-state index in [1.54, 1.807) is 61.9 Å². The number of amides is 10. The number of carbonyl (C=O) groups is 10. The van der Waals surface area contributed by atoms with Crippen LogP contribution in [0.3, 0.4) is 0 Å². The maximum atomic E-state index is 14.6. The molecule has 88 heavy (non-hydrogen) atoms. The van der Waals surface area contributed by atoms with Crippen molar-refractivity contribution >= 4 is 64.9 Å². The number of methoxy groups -OCH3 is 2. The Kier molecular flexibility index (Phi) is 32.0. The van der Waals surface area contributed by atoms with Gasteiger partial charge in [-0.3, -0.25) is 52.9 Å². The Balaban J connectivity index is 1.74. The first-order chi connectivity index (χ1) is 41.6. The van der Waals surface area contributed by atoms with Gasteiger partial charge in [0.05, 0.1) is 49.3 Å². The van der Waals surface area contributed by atoms with Crippen LogP contribution < -0.4 is 43.1 Å². The Hall–Kier alpha value is -7.22. The highest BCUT2D eigenvalue weighted by atomic mass is 16.7. The van der Waals surface area contributed by atoms with Crippen LogP contribution in [0.4, 0.5) is 10.5 Å². The van der Waals surface area contributed by atoms with Gasteiger partial charge in [-0.15, -0.1) is 0 Å². The molecule has 0 unspecified atom stereocenters. The number of likely N-dealkylation sites (N-methyl/N-ethyl adjacent to an activating group) is 2. The highest BCUT2D eigenvalue weighted by Gasteiger charge is 2.44. The van der Waals surface area contributed by atoms with E-state index < -0.39 is 108 Å². The van der Waals surface area contributed by atoms with Gasteiger partial charge in [0, 0.05) is 59.3 Å². The van der Waals surface area contributed by atoms with E-state index in [9.17, 15) is 47.9 Å². The topological polar surface area (TPSA) is 339 Å². The molecule has 0 bridgehead atoms. The number of carbonyl (C=O) groups excluding carboxylic acids is 9. The van der Waals surface area contributed by atoms with Crippen molar-refractivity contribution < 1.29 is 67.4 Å². The van der Waals surface area contributed by atoms with Crippen LogP contribution >= 0.6 is 0 Å². The molecule has 1 aliphatic rings. The summed E-state index contributed by atoms with van der Waals surface area (Å²) >= 11 is 0. The minimum absolute atomic E-state index is 0.00590. The fraction of sp³-hybridized carbons (Fsp3) is 0.651. The minimum atomic E-state index is -1.11. The Morgan fingerprint density at radius 2 is 1.34 bits per heavy atom. The van der Waals surface area contributed by atoms with Crippen molar-refractivity contribution in [3.05, 3.63) is 65.7 Å². The third kappa shape index (κ3) is 23.7. The number of urea groups is 1. The molecule has 0 spiro atoms. The number of hydrogen-bond donors (Lipinski definition) is 9. The summed E-state index contributed by atoms with van der Waals surface area (Å²) in [6.07, 6.45) is 0.475. The third-order valence-corrected chi connectivity index (χ3v) is 16.2. The zero-order valence-corrected chi connectivity index (χ0v) is 54.1. The van der Waals surface area contributed by atoms with Gasteiger partial charge in [-0.05, 0) is 93.1 Å². The molecule has 1 heterocycles. The van der Waals surface area contributed by atoms with Gasteiger partial charge in [0.2, 0.25) is 41.4 Å². The second-order valence-corrected chi connectivity index (χ2v) is 24.2. The number of nitrogens with zero attached hydrogens (tertiary/aromatic N) is 3. The highest BCUT2D eigenvalue weighted by molar-refractivity contribution is 5.98. The molecule has 25 nitrogen and oxygen atoms in total. The lowest BCUT2D eigenvalue weighted by molar-refractivity contribution is -0.148. The lowest BCUT2D eigenvalue weighted by Crippen LogP contribution is -2.59. The number of hydroxylamine groups is 1. The number of carboxylic acid groups (broad SMARTS) is 1. The van der Waals surface area contributed by atoms with E-state index in [1.165, 1.54) is 14.2 Å². The molecule has 2 aromatic rings. The maximum Gasteiger partial charge on any atom is 0.312 e. The van der Waals surface area contributed by atoms with Gasteiger partial charge in [0.15, 0.2) is 0 Å². The zero-order valence-electron chi connectivity index (χ0n) is 54.1. The number of nitrogens with two attached hydrogens (primary N) is 1.